The molecule has 0 heterocycles. The Morgan fingerprint density at radius 1 is 1.47 bits per heavy atom. The van der Waals surface area contributed by atoms with Gasteiger partial charge in [0, 0.05) is 23.1 Å². The Labute approximate surface area is 110 Å². The minimum atomic E-state index is -3.54. The fourth-order valence-electron chi connectivity index (χ4n) is 1.18. The number of benzene rings is 1. The quantitative estimate of drug-likeness (QED) is 0.505. The molecule has 0 atom stereocenters. The number of hydrogen-bond acceptors (Lipinski definition) is 3. The molecule has 0 saturated carbocycles. The Balaban J connectivity index is 2.88. The predicted octanol–water partition coefficient (Wildman–Crippen LogP) is 1.72. The maximum absolute atomic E-state index is 11.9. The van der Waals surface area contributed by atoms with E-state index in [1.54, 1.807) is 19.1 Å². The van der Waals surface area contributed by atoms with E-state index in [0.29, 0.717) is 16.6 Å². The number of sulfonamides is 1. The molecule has 0 aliphatic carbocycles. The summed E-state index contributed by atoms with van der Waals surface area (Å²) >= 11 is 3.19. The topological polar surface area (TPSA) is 72.2 Å². The van der Waals surface area contributed by atoms with E-state index in [0.717, 1.165) is 0 Å². The van der Waals surface area contributed by atoms with Crippen LogP contribution in [0.3, 0.4) is 0 Å². The zero-order valence-electron chi connectivity index (χ0n) is 9.33. The van der Waals surface area contributed by atoms with Crippen LogP contribution in [0.15, 0.2) is 27.6 Å². The maximum Gasteiger partial charge on any atom is 0.241 e. The summed E-state index contributed by atoms with van der Waals surface area (Å²) in [5.74, 6) is 5.49. The summed E-state index contributed by atoms with van der Waals surface area (Å²) in [7, 11) is -3.54. The maximum atomic E-state index is 11.9. The van der Waals surface area contributed by atoms with Gasteiger partial charge in [0.25, 0.3) is 0 Å². The predicted molar refractivity (Wildman–Crippen MR) is 71.8 cm³/mol. The van der Waals surface area contributed by atoms with Crippen LogP contribution in [0.2, 0.25) is 0 Å². The van der Waals surface area contributed by atoms with E-state index in [2.05, 4.69) is 32.5 Å². The third-order valence-electron chi connectivity index (χ3n) is 1.96. The number of halogens is 1. The molecule has 1 aromatic carbocycles. The first-order valence-corrected chi connectivity index (χ1v) is 7.19. The fourth-order valence-corrected chi connectivity index (χ4v) is 3.20. The molecule has 0 radical (unpaired) electrons. The SMILES string of the molecule is CC#CCCNS(=O)(=O)c1cc(N)ccc1Br. The first-order valence-electron chi connectivity index (χ1n) is 4.91. The van der Waals surface area contributed by atoms with Gasteiger partial charge in [0.15, 0.2) is 0 Å². The molecule has 0 aliphatic rings. The van der Waals surface area contributed by atoms with Crippen LogP contribution >= 0.6 is 15.9 Å². The highest BCUT2D eigenvalue weighted by molar-refractivity contribution is 9.10. The second-order valence-electron chi connectivity index (χ2n) is 3.26. The van der Waals surface area contributed by atoms with Crippen molar-refractivity contribution in [1.82, 2.24) is 4.72 Å². The molecular weight excluding hydrogens is 304 g/mol. The molecule has 0 amide bonds. The van der Waals surface area contributed by atoms with E-state index in [4.69, 9.17) is 5.73 Å². The smallest absolute Gasteiger partial charge is 0.241 e. The zero-order chi connectivity index (χ0) is 12.9. The van der Waals surface area contributed by atoms with Crippen molar-refractivity contribution < 1.29 is 8.42 Å². The standard InChI is InChI=1S/C11H13BrN2O2S/c1-2-3-4-7-14-17(15,16)11-8-9(13)5-6-10(11)12/h5-6,8,14H,4,7,13H2,1H3. The first kappa shape index (κ1) is 14.0. The van der Waals surface area contributed by atoms with Crippen molar-refractivity contribution in [1.29, 1.82) is 0 Å². The lowest BCUT2D eigenvalue weighted by molar-refractivity contribution is 0.582. The lowest BCUT2D eigenvalue weighted by atomic mass is 10.3. The second kappa shape index (κ2) is 6.05. The Bertz CT molecular complexity index is 559. The van der Waals surface area contributed by atoms with Crippen LogP contribution in [0.25, 0.3) is 0 Å². The molecule has 6 heteroatoms. The summed E-state index contributed by atoms with van der Waals surface area (Å²) < 4.78 is 26.8. The minimum absolute atomic E-state index is 0.141. The Hall–Kier alpha value is -1.03. The van der Waals surface area contributed by atoms with Gasteiger partial charge < -0.3 is 5.73 Å². The molecule has 1 rings (SSSR count). The van der Waals surface area contributed by atoms with E-state index >= 15 is 0 Å². The summed E-state index contributed by atoms with van der Waals surface area (Å²) in [5, 5.41) is 0. The highest BCUT2D eigenvalue weighted by Crippen LogP contribution is 2.23. The summed E-state index contributed by atoms with van der Waals surface area (Å²) in [4.78, 5) is 0.141. The van der Waals surface area contributed by atoms with Crippen LogP contribution in [0.1, 0.15) is 13.3 Å². The monoisotopic (exact) mass is 316 g/mol. The van der Waals surface area contributed by atoms with Crippen molar-refractivity contribution in [2.75, 3.05) is 12.3 Å². The molecule has 0 fully saturated rings. The van der Waals surface area contributed by atoms with Crippen molar-refractivity contribution in [2.24, 2.45) is 0 Å². The molecule has 4 nitrogen and oxygen atoms in total. The summed E-state index contributed by atoms with van der Waals surface area (Å²) in [6.45, 7) is 1.99. The molecule has 1 aromatic rings. The molecule has 0 spiro atoms. The third-order valence-corrected chi connectivity index (χ3v) is 4.42. The average Bonchev–Trinajstić information content (AvgIpc) is 2.28. The normalized spacial score (nSPS) is 10.7. The molecular formula is C11H13BrN2O2S. The van der Waals surface area contributed by atoms with Crippen LogP contribution in [0.4, 0.5) is 5.69 Å². The zero-order valence-corrected chi connectivity index (χ0v) is 11.7. The van der Waals surface area contributed by atoms with Gasteiger partial charge in [0.05, 0.1) is 4.90 Å². The van der Waals surface area contributed by atoms with Gasteiger partial charge in [-0.15, -0.1) is 11.8 Å². The van der Waals surface area contributed by atoms with E-state index in [1.165, 1.54) is 6.07 Å². The molecule has 17 heavy (non-hydrogen) atoms. The average molecular weight is 317 g/mol. The fraction of sp³-hybridized carbons (Fsp3) is 0.273. The highest BCUT2D eigenvalue weighted by atomic mass is 79.9. The minimum Gasteiger partial charge on any atom is -0.399 e. The lowest BCUT2D eigenvalue weighted by Gasteiger charge is -2.08. The first-order chi connectivity index (χ1) is 7.97. The molecule has 0 aromatic heterocycles. The molecule has 92 valence electrons. The number of anilines is 1. The lowest BCUT2D eigenvalue weighted by Crippen LogP contribution is -2.25. The summed E-state index contributed by atoms with van der Waals surface area (Å²) in [6.07, 6.45) is 0.482. The third kappa shape index (κ3) is 4.04. The van der Waals surface area contributed by atoms with Gasteiger partial charge in [-0.3, -0.25) is 0 Å². The van der Waals surface area contributed by atoms with Crippen LogP contribution in [-0.4, -0.2) is 15.0 Å². The van der Waals surface area contributed by atoms with Crippen LogP contribution < -0.4 is 10.5 Å². The van der Waals surface area contributed by atoms with Gasteiger partial charge in [0.1, 0.15) is 0 Å². The Morgan fingerprint density at radius 2 is 2.18 bits per heavy atom. The van der Waals surface area contributed by atoms with Crippen molar-refractivity contribution >= 4 is 31.6 Å². The Morgan fingerprint density at radius 3 is 2.82 bits per heavy atom. The summed E-state index contributed by atoms with van der Waals surface area (Å²) in [6, 6.07) is 4.65. The van der Waals surface area contributed by atoms with E-state index in [1.807, 2.05) is 0 Å². The van der Waals surface area contributed by atoms with Crippen molar-refractivity contribution in [3.05, 3.63) is 22.7 Å². The molecule has 3 N–H and O–H groups in total. The van der Waals surface area contributed by atoms with Gasteiger partial charge in [0.2, 0.25) is 10.0 Å². The van der Waals surface area contributed by atoms with E-state index in [-0.39, 0.29) is 11.4 Å². The second-order valence-corrected chi connectivity index (χ2v) is 5.85. The largest absolute Gasteiger partial charge is 0.399 e. The van der Waals surface area contributed by atoms with Crippen LogP contribution in [0.5, 0.6) is 0 Å². The van der Waals surface area contributed by atoms with E-state index < -0.39 is 10.0 Å². The molecule has 0 aliphatic heterocycles. The van der Waals surface area contributed by atoms with Gasteiger partial charge in [-0.25, -0.2) is 13.1 Å². The number of nitrogens with two attached hydrogens (primary N) is 1. The molecule has 0 bridgehead atoms. The Kier molecular flexibility index (Phi) is 5.00. The highest BCUT2D eigenvalue weighted by Gasteiger charge is 2.16. The van der Waals surface area contributed by atoms with Crippen LogP contribution in [0, 0.1) is 11.8 Å². The molecule has 0 saturated heterocycles. The van der Waals surface area contributed by atoms with Crippen molar-refractivity contribution in [3.8, 4) is 11.8 Å². The van der Waals surface area contributed by atoms with Gasteiger partial charge >= 0.3 is 0 Å². The van der Waals surface area contributed by atoms with E-state index in [9.17, 15) is 8.42 Å². The van der Waals surface area contributed by atoms with Gasteiger partial charge in [-0.2, -0.15) is 0 Å². The van der Waals surface area contributed by atoms with Crippen molar-refractivity contribution in [3.63, 3.8) is 0 Å². The number of rotatable bonds is 4. The van der Waals surface area contributed by atoms with Gasteiger partial charge in [-0.1, -0.05) is 0 Å². The van der Waals surface area contributed by atoms with Gasteiger partial charge in [-0.05, 0) is 41.1 Å². The number of nitrogens with one attached hydrogen (secondary N) is 1. The van der Waals surface area contributed by atoms with Crippen LogP contribution in [-0.2, 0) is 10.0 Å². The number of nitrogen functional groups attached to an aromatic ring is 1. The molecule has 0 unspecified atom stereocenters. The number of hydrogen-bond donors (Lipinski definition) is 2. The summed E-state index contributed by atoms with van der Waals surface area (Å²) in [5.41, 5.74) is 5.97. The van der Waals surface area contributed by atoms with Crippen molar-refractivity contribution in [2.45, 2.75) is 18.2 Å².